The van der Waals surface area contributed by atoms with E-state index >= 15 is 0 Å². The largest absolute Gasteiger partial charge is 0.439 e. The molecule has 1 aliphatic rings. The zero-order valence-corrected chi connectivity index (χ0v) is 10.6. The molecular weight excluding hydrogens is 248 g/mol. The van der Waals surface area contributed by atoms with Crippen LogP contribution in [0.3, 0.4) is 0 Å². The molecule has 1 aliphatic heterocycles. The van der Waals surface area contributed by atoms with E-state index in [1.165, 1.54) is 13.8 Å². The number of ether oxygens (including phenoxy) is 1. The van der Waals surface area contributed by atoms with Gasteiger partial charge in [0, 0.05) is 13.8 Å². The van der Waals surface area contributed by atoms with E-state index < -0.39 is 24.0 Å². The van der Waals surface area contributed by atoms with Crippen molar-refractivity contribution in [1.29, 1.82) is 0 Å². The zero-order valence-electron chi connectivity index (χ0n) is 10.6. The predicted octanol–water partition coefficient (Wildman–Crippen LogP) is 0.553. The van der Waals surface area contributed by atoms with Gasteiger partial charge in [0.1, 0.15) is 5.92 Å². The Bertz CT molecular complexity index is 515. The van der Waals surface area contributed by atoms with Crippen molar-refractivity contribution in [3.63, 3.8) is 0 Å². The van der Waals surface area contributed by atoms with Gasteiger partial charge in [0.25, 0.3) is 5.91 Å². The number of β-lactam (4-membered cyclic amide) rings is 1. The maximum Gasteiger partial charge on any atom is 0.304 e. The van der Waals surface area contributed by atoms with Gasteiger partial charge in [0.2, 0.25) is 12.1 Å². The molecule has 6 heteroatoms. The average Bonchev–Trinajstić information content (AvgIpc) is 2.36. The van der Waals surface area contributed by atoms with Gasteiger partial charge in [0.05, 0.1) is 0 Å². The van der Waals surface area contributed by atoms with Gasteiger partial charge < -0.3 is 4.74 Å². The highest BCUT2D eigenvalue weighted by Crippen LogP contribution is 2.35. The van der Waals surface area contributed by atoms with Crippen LogP contribution in [-0.2, 0) is 19.1 Å². The molecule has 1 aromatic carbocycles. The molecule has 2 amide bonds. The summed E-state index contributed by atoms with van der Waals surface area (Å²) in [6, 6.07) is 9.00. The number of carbonyl (C=O) groups excluding carboxylic acids is 3. The number of esters is 1. The SMILES string of the molecule is CC(=O)NN1C(=O)C(c2ccccc2)C1OC(C)=O. The fraction of sp³-hybridized carbons (Fsp3) is 0.308. The van der Waals surface area contributed by atoms with Crippen LogP contribution in [0.1, 0.15) is 25.3 Å². The van der Waals surface area contributed by atoms with Crippen LogP contribution in [0, 0.1) is 0 Å². The van der Waals surface area contributed by atoms with Crippen LogP contribution in [0.4, 0.5) is 0 Å². The number of benzene rings is 1. The van der Waals surface area contributed by atoms with Gasteiger partial charge in [-0.15, -0.1) is 0 Å². The van der Waals surface area contributed by atoms with Crippen LogP contribution in [0.25, 0.3) is 0 Å². The maximum absolute atomic E-state index is 12.0. The molecule has 1 aromatic rings. The zero-order chi connectivity index (χ0) is 14.0. The molecule has 6 nitrogen and oxygen atoms in total. The lowest BCUT2D eigenvalue weighted by atomic mass is 9.89. The summed E-state index contributed by atoms with van der Waals surface area (Å²) < 4.78 is 5.09. The number of rotatable bonds is 3. The van der Waals surface area contributed by atoms with Crippen molar-refractivity contribution in [2.45, 2.75) is 26.0 Å². The van der Waals surface area contributed by atoms with Gasteiger partial charge in [0.15, 0.2) is 0 Å². The third-order valence-corrected chi connectivity index (χ3v) is 2.77. The highest BCUT2D eigenvalue weighted by molar-refractivity contribution is 5.92. The molecule has 0 aromatic heterocycles. The summed E-state index contributed by atoms with van der Waals surface area (Å²) in [6.07, 6.45) is -0.795. The lowest BCUT2D eigenvalue weighted by Crippen LogP contribution is -2.66. The minimum Gasteiger partial charge on any atom is -0.439 e. The Labute approximate surface area is 110 Å². The van der Waals surface area contributed by atoms with Gasteiger partial charge in [-0.1, -0.05) is 30.3 Å². The van der Waals surface area contributed by atoms with Crippen LogP contribution in [0.2, 0.25) is 0 Å². The van der Waals surface area contributed by atoms with E-state index in [1.807, 2.05) is 6.07 Å². The predicted molar refractivity (Wildman–Crippen MR) is 65.4 cm³/mol. The van der Waals surface area contributed by atoms with Crippen LogP contribution in [0.5, 0.6) is 0 Å². The number of hydrazine groups is 1. The molecule has 0 spiro atoms. The first-order valence-corrected chi connectivity index (χ1v) is 5.83. The van der Waals surface area contributed by atoms with Crippen molar-refractivity contribution in [2.75, 3.05) is 0 Å². The summed E-state index contributed by atoms with van der Waals surface area (Å²) >= 11 is 0. The first-order chi connectivity index (χ1) is 9.00. The molecule has 0 bridgehead atoms. The fourth-order valence-corrected chi connectivity index (χ4v) is 2.01. The topological polar surface area (TPSA) is 75.7 Å². The van der Waals surface area contributed by atoms with Crippen LogP contribution >= 0.6 is 0 Å². The Morgan fingerprint density at radius 3 is 2.37 bits per heavy atom. The molecule has 1 saturated heterocycles. The summed E-state index contributed by atoms with van der Waals surface area (Å²) in [5.41, 5.74) is 3.10. The second-order valence-corrected chi connectivity index (χ2v) is 4.26. The molecule has 1 fully saturated rings. The summed E-state index contributed by atoms with van der Waals surface area (Å²) in [5.74, 6) is -1.77. The first kappa shape index (κ1) is 13.1. The number of hydrogen-bond donors (Lipinski definition) is 1. The van der Waals surface area contributed by atoms with Crippen LogP contribution in [-0.4, -0.2) is 29.0 Å². The Morgan fingerprint density at radius 1 is 1.21 bits per heavy atom. The van der Waals surface area contributed by atoms with E-state index in [-0.39, 0.29) is 5.91 Å². The van der Waals surface area contributed by atoms with Crippen LogP contribution in [0.15, 0.2) is 30.3 Å². The summed E-state index contributed by atoms with van der Waals surface area (Å²) in [4.78, 5) is 34.1. The molecular formula is C13H14N2O4. The summed E-state index contributed by atoms with van der Waals surface area (Å²) in [6.45, 7) is 2.55. The van der Waals surface area contributed by atoms with Crippen molar-refractivity contribution >= 4 is 17.8 Å². The van der Waals surface area contributed by atoms with Crippen molar-refractivity contribution in [2.24, 2.45) is 0 Å². The normalized spacial score (nSPS) is 21.6. The van der Waals surface area contributed by atoms with Crippen molar-refractivity contribution < 1.29 is 19.1 Å². The van der Waals surface area contributed by atoms with E-state index in [2.05, 4.69) is 5.43 Å². The smallest absolute Gasteiger partial charge is 0.304 e. The highest BCUT2D eigenvalue weighted by Gasteiger charge is 2.51. The van der Waals surface area contributed by atoms with Gasteiger partial charge in [-0.05, 0) is 5.56 Å². The second kappa shape index (κ2) is 5.09. The van der Waals surface area contributed by atoms with E-state index in [0.29, 0.717) is 0 Å². The lowest BCUT2D eigenvalue weighted by Gasteiger charge is -2.44. The number of nitrogens with one attached hydrogen (secondary N) is 1. The standard InChI is InChI=1S/C13H14N2O4/c1-8(16)14-15-12(18)11(13(15)19-9(2)17)10-6-4-3-5-7-10/h3-7,11,13H,1-2H3,(H,14,16). The molecule has 2 atom stereocenters. The molecule has 0 aliphatic carbocycles. The molecule has 1 N–H and O–H groups in total. The monoisotopic (exact) mass is 262 g/mol. The van der Waals surface area contributed by atoms with E-state index in [0.717, 1.165) is 10.6 Å². The molecule has 100 valence electrons. The summed E-state index contributed by atoms with van der Waals surface area (Å²) in [5, 5.41) is 1.04. The minimum atomic E-state index is -0.795. The number of amides is 2. The quantitative estimate of drug-likeness (QED) is 0.637. The lowest BCUT2D eigenvalue weighted by molar-refractivity contribution is -0.197. The molecule has 1 heterocycles. The molecule has 2 rings (SSSR count). The Kier molecular flexibility index (Phi) is 3.50. The molecule has 0 radical (unpaired) electrons. The highest BCUT2D eigenvalue weighted by atomic mass is 16.6. The third-order valence-electron chi connectivity index (χ3n) is 2.77. The Hall–Kier alpha value is -2.37. The maximum atomic E-state index is 12.0. The second-order valence-electron chi connectivity index (χ2n) is 4.26. The number of nitrogens with zero attached hydrogens (tertiary/aromatic N) is 1. The Balaban J connectivity index is 2.21. The fourth-order valence-electron chi connectivity index (χ4n) is 2.01. The van der Waals surface area contributed by atoms with Crippen molar-refractivity contribution in [3.8, 4) is 0 Å². The van der Waals surface area contributed by atoms with E-state index in [4.69, 9.17) is 4.74 Å². The van der Waals surface area contributed by atoms with Gasteiger partial charge in [-0.2, -0.15) is 0 Å². The van der Waals surface area contributed by atoms with Crippen molar-refractivity contribution in [3.05, 3.63) is 35.9 Å². The minimum absolute atomic E-state index is 0.298. The first-order valence-electron chi connectivity index (χ1n) is 5.83. The van der Waals surface area contributed by atoms with Crippen LogP contribution < -0.4 is 5.43 Å². The van der Waals surface area contributed by atoms with E-state index in [1.54, 1.807) is 24.3 Å². The van der Waals surface area contributed by atoms with Crippen molar-refractivity contribution in [1.82, 2.24) is 10.4 Å². The van der Waals surface area contributed by atoms with Gasteiger partial charge in [-0.3, -0.25) is 19.8 Å². The average molecular weight is 262 g/mol. The summed E-state index contributed by atoms with van der Waals surface area (Å²) in [7, 11) is 0. The molecule has 0 saturated carbocycles. The molecule has 19 heavy (non-hydrogen) atoms. The third kappa shape index (κ3) is 2.57. The van der Waals surface area contributed by atoms with E-state index in [9.17, 15) is 14.4 Å². The van der Waals surface area contributed by atoms with Gasteiger partial charge in [-0.25, -0.2) is 5.01 Å². The Morgan fingerprint density at radius 2 is 1.84 bits per heavy atom. The molecule has 2 unspecified atom stereocenters. The number of hydrogen-bond acceptors (Lipinski definition) is 4. The number of carbonyl (C=O) groups is 3. The van der Waals surface area contributed by atoms with Gasteiger partial charge >= 0.3 is 5.97 Å².